The molecule has 1 atom stereocenters. The fourth-order valence-corrected chi connectivity index (χ4v) is 3.83. The molecule has 2 aromatic carbocycles. The van der Waals surface area contributed by atoms with Crippen LogP contribution < -0.4 is 15.5 Å². The van der Waals surface area contributed by atoms with Gasteiger partial charge in [-0.25, -0.2) is 4.57 Å². The van der Waals surface area contributed by atoms with Crippen LogP contribution in [0.5, 0.6) is 0 Å². The van der Waals surface area contributed by atoms with Crippen molar-refractivity contribution in [2.45, 2.75) is 12.6 Å². The van der Waals surface area contributed by atoms with Crippen LogP contribution in [0, 0.1) is 0 Å². The molecule has 0 saturated carbocycles. The van der Waals surface area contributed by atoms with Gasteiger partial charge in [0.1, 0.15) is 6.61 Å². The third kappa shape index (κ3) is 6.37. The maximum absolute atomic E-state index is 12.1. The van der Waals surface area contributed by atoms with Crippen LogP contribution in [0.4, 0.5) is 11.4 Å². The molecule has 9 nitrogen and oxygen atoms in total. The Morgan fingerprint density at radius 3 is 2.47 bits per heavy atom. The SMILES string of the molecule is NCC(CN(Cc1ccccc1)c1ccc(N2CCOCC2=O)cc1)OP(=O)(O)O. The van der Waals surface area contributed by atoms with E-state index in [1.165, 1.54) is 0 Å². The molecule has 30 heavy (non-hydrogen) atoms. The lowest BCUT2D eigenvalue weighted by Gasteiger charge is -2.30. The highest BCUT2D eigenvalue weighted by Gasteiger charge is 2.24. The number of amides is 1. The van der Waals surface area contributed by atoms with Crippen LogP contribution in [-0.4, -0.2) is 54.6 Å². The van der Waals surface area contributed by atoms with Crippen molar-refractivity contribution in [2.75, 3.05) is 42.6 Å². The maximum Gasteiger partial charge on any atom is 0.469 e. The zero-order valence-electron chi connectivity index (χ0n) is 16.5. The minimum atomic E-state index is -4.66. The maximum atomic E-state index is 12.1. The van der Waals surface area contributed by atoms with Crippen LogP contribution in [0.1, 0.15) is 5.56 Å². The zero-order valence-corrected chi connectivity index (χ0v) is 17.4. The molecule has 1 amide bonds. The van der Waals surface area contributed by atoms with Gasteiger partial charge >= 0.3 is 7.82 Å². The van der Waals surface area contributed by atoms with E-state index >= 15 is 0 Å². The van der Waals surface area contributed by atoms with Crippen molar-refractivity contribution >= 4 is 25.1 Å². The van der Waals surface area contributed by atoms with Crippen molar-refractivity contribution in [1.82, 2.24) is 0 Å². The van der Waals surface area contributed by atoms with E-state index in [9.17, 15) is 9.36 Å². The topological polar surface area (TPSA) is 126 Å². The molecule has 1 unspecified atom stereocenters. The molecular formula is C20H26N3O6P. The van der Waals surface area contributed by atoms with E-state index in [2.05, 4.69) is 0 Å². The van der Waals surface area contributed by atoms with Gasteiger partial charge in [-0.3, -0.25) is 9.32 Å². The summed E-state index contributed by atoms with van der Waals surface area (Å²) in [5.41, 5.74) is 8.30. The van der Waals surface area contributed by atoms with Gasteiger partial charge in [-0.2, -0.15) is 0 Å². The summed E-state index contributed by atoms with van der Waals surface area (Å²) >= 11 is 0. The number of carbonyl (C=O) groups excluding carboxylic acids is 1. The van der Waals surface area contributed by atoms with Gasteiger partial charge in [-0.15, -0.1) is 0 Å². The first-order chi connectivity index (χ1) is 14.4. The normalized spacial score (nSPS) is 15.8. The molecule has 1 saturated heterocycles. The summed E-state index contributed by atoms with van der Waals surface area (Å²) in [5.74, 6) is -0.0895. The van der Waals surface area contributed by atoms with Crippen molar-refractivity contribution < 1.29 is 28.4 Å². The Hall–Kier alpha value is -2.26. The first kappa shape index (κ1) is 22.4. The van der Waals surface area contributed by atoms with Crippen LogP contribution in [0.15, 0.2) is 54.6 Å². The molecule has 0 bridgehead atoms. The molecule has 1 aliphatic heterocycles. The van der Waals surface area contributed by atoms with Crippen LogP contribution in [0.3, 0.4) is 0 Å². The van der Waals surface area contributed by atoms with Crippen molar-refractivity contribution in [3.8, 4) is 0 Å². The Morgan fingerprint density at radius 2 is 1.87 bits per heavy atom. The monoisotopic (exact) mass is 435 g/mol. The summed E-state index contributed by atoms with van der Waals surface area (Å²) < 4.78 is 21.3. The van der Waals surface area contributed by atoms with Crippen molar-refractivity contribution in [1.29, 1.82) is 0 Å². The van der Waals surface area contributed by atoms with Crippen molar-refractivity contribution in [3.63, 3.8) is 0 Å². The molecule has 0 spiro atoms. The van der Waals surface area contributed by atoms with Gasteiger partial charge in [0.25, 0.3) is 5.91 Å². The van der Waals surface area contributed by atoms with Crippen LogP contribution >= 0.6 is 7.82 Å². The van der Waals surface area contributed by atoms with E-state index in [0.717, 1.165) is 16.9 Å². The van der Waals surface area contributed by atoms with Crippen molar-refractivity contribution in [2.24, 2.45) is 5.73 Å². The highest BCUT2D eigenvalue weighted by Crippen LogP contribution is 2.38. The Kier molecular flexibility index (Phi) is 7.60. The molecule has 3 rings (SSSR count). The molecule has 4 N–H and O–H groups in total. The first-order valence-electron chi connectivity index (χ1n) is 9.57. The predicted octanol–water partition coefficient (Wildman–Crippen LogP) is 1.49. The van der Waals surface area contributed by atoms with E-state index in [4.69, 9.17) is 24.8 Å². The standard InChI is InChI=1S/C20H26N3O6P/c21-12-19(29-30(25,26)27)14-22(13-16-4-2-1-3-5-16)17-6-8-18(9-7-17)23-10-11-28-15-20(23)24/h1-9,19H,10-15,21H2,(H2,25,26,27). The summed E-state index contributed by atoms with van der Waals surface area (Å²) in [6.45, 7) is 1.70. The summed E-state index contributed by atoms with van der Waals surface area (Å²) in [7, 11) is -4.66. The number of rotatable bonds is 9. The molecule has 2 aromatic rings. The Bertz CT molecular complexity index is 874. The number of hydrogen-bond acceptors (Lipinski definition) is 6. The van der Waals surface area contributed by atoms with Crippen molar-refractivity contribution in [3.05, 3.63) is 60.2 Å². The summed E-state index contributed by atoms with van der Waals surface area (Å²) in [6.07, 6.45) is -0.852. The third-order valence-electron chi connectivity index (χ3n) is 4.70. The predicted molar refractivity (Wildman–Crippen MR) is 113 cm³/mol. The molecule has 162 valence electrons. The third-order valence-corrected chi connectivity index (χ3v) is 5.27. The fraction of sp³-hybridized carbons (Fsp3) is 0.350. The Balaban J connectivity index is 1.81. The molecular weight excluding hydrogens is 409 g/mol. The Morgan fingerprint density at radius 1 is 1.17 bits per heavy atom. The molecule has 1 fully saturated rings. The molecule has 10 heteroatoms. The lowest BCUT2D eigenvalue weighted by Crippen LogP contribution is -2.41. The van der Waals surface area contributed by atoms with Gasteiger partial charge in [-0.05, 0) is 29.8 Å². The van der Waals surface area contributed by atoms with Gasteiger partial charge in [0.2, 0.25) is 0 Å². The second-order valence-electron chi connectivity index (χ2n) is 6.93. The van der Waals surface area contributed by atoms with Crippen LogP contribution in [0.2, 0.25) is 0 Å². The lowest BCUT2D eigenvalue weighted by molar-refractivity contribution is -0.125. The van der Waals surface area contributed by atoms with Gasteiger partial charge in [0.05, 0.1) is 12.7 Å². The smallest absolute Gasteiger partial charge is 0.370 e. The number of benzene rings is 2. The molecule has 1 aliphatic rings. The van der Waals surface area contributed by atoms with E-state index in [1.807, 2.05) is 59.5 Å². The number of morpholine rings is 1. The number of ether oxygens (including phenoxy) is 1. The summed E-state index contributed by atoms with van der Waals surface area (Å²) in [5, 5.41) is 0. The molecule has 0 aliphatic carbocycles. The van der Waals surface area contributed by atoms with Gasteiger partial charge < -0.3 is 30.1 Å². The number of phosphoric ester groups is 1. The van der Waals surface area contributed by atoms with Gasteiger partial charge in [0.15, 0.2) is 0 Å². The minimum Gasteiger partial charge on any atom is -0.370 e. The number of carbonyl (C=O) groups is 1. The molecule has 0 aromatic heterocycles. The first-order valence-corrected chi connectivity index (χ1v) is 11.1. The average Bonchev–Trinajstić information content (AvgIpc) is 2.73. The van der Waals surface area contributed by atoms with E-state index < -0.39 is 13.9 Å². The highest BCUT2D eigenvalue weighted by atomic mass is 31.2. The molecule has 1 heterocycles. The lowest BCUT2D eigenvalue weighted by atomic mass is 10.1. The number of phosphoric acid groups is 1. The second kappa shape index (κ2) is 10.2. The van der Waals surface area contributed by atoms with E-state index in [-0.39, 0.29) is 25.6 Å². The van der Waals surface area contributed by atoms with Gasteiger partial charge in [-0.1, -0.05) is 30.3 Å². The molecule has 0 radical (unpaired) electrons. The Labute approximate surface area is 175 Å². The highest BCUT2D eigenvalue weighted by molar-refractivity contribution is 7.46. The van der Waals surface area contributed by atoms with E-state index in [0.29, 0.717) is 19.7 Å². The number of nitrogens with zero attached hydrogens (tertiary/aromatic N) is 2. The largest absolute Gasteiger partial charge is 0.469 e. The number of nitrogens with two attached hydrogens (primary N) is 1. The average molecular weight is 435 g/mol. The number of hydrogen-bond donors (Lipinski definition) is 3. The van der Waals surface area contributed by atoms with E-state index in [1.54, 1.807) is 4.90 Å². The summed E-state index contributed by atoms with van der Waals surface area (Å²) in [4.78, 5) is 34.0. The summed E-state index contributed by atoms with van der Waals surface area (Å²) in [6, 6.07) is 17.1. The van der Waals surface area contributed by atoms with Gasteiger partial charge in [0, 0.05) is 37.6 Å². The quantitative estimate of drug-likeness (QED) is 0.506. The fourth-order valence-electron chi connectivity index (χ4n) is 3.29. The number of anilines is 2. The van der Waals surface area contributed by atoms with Crippen LogP contribution in [0.25, 0.3) is 0 Å². The second-order valence-corrected chi connectivity index (χ2v) is 8.13. The van der Waals surface area contributed by atoms with Crippen LogP contribution in [-0.2, 0) is 25.2 Å². The zero-order chi connectivity index (χ0) is 21.6. The minimum absolute atomic E-state index is 0.0449.